The van der Waals surface area contributed by atoms with Gasteiger partial charge < -0.3 is 0 Å². The van der Waals surface area contributed by atoms with E-state index in [0.29, 0.717) is 5.92 Å². The summed E-state index contributed by atoms with van der Waals surface area (Å²) in [6, 6.07) is 0. The average Bonchev–Trinajstić information content (AvgIpc) is 2.48. The highest BCUT2D eigenvalue weighted by Crippen LogP contribution is 2.37. The third-order valence-electron chi connectivity index (χ3n) is 5.66. The van der Waals surface area contributed by atoms with Crippen LogP contribution in [0.25, 0.3) is 0 Å². The summed E-state index contributed by atoms with van der Waals surface area (Å²) in [6.07, 6.45) is 15.7. The van der Waals surface area contributed by atoms with Gasteiger partial charge in [0.15, 0.2) is 0 Å². The van der Waals surface area contributed by atoms with Crippen molar-refractivity contribution in [1.29, 1.82) is 0 Å². The molecule has 0 saturated heterocycles. The summed E-state index contributed by atoms with van der Waals surface area (Å²) in [4.78, 5) is 0. The average molecular weight is 299 g/mol. The lowest BCUT2D eigenvalue weighted by molar-refractivity contribution is 0.162. The van der Waals surface area contributed by atoms with Crippen LogP contribution in [0.1, 0.15) is 104 Å². The molecule has 0 heterocycles. The number of halogens is 1. The number of hydrogen-bond donors (Lipinski definition) is 0. The summed E-state index contributed by atoms with van der Waals surface area (Å²) in [5.74, 6) is 2.38. The highest BCUT2D eigenvalue weighted by atomic mass is 19.1. The molecular formula is C20H39F. The Morgan fingerprint density at radius 2 is 1.52 bits per heavy atom. The number of hydrogen-bond acceptors (Lipinski definition) is 0. The number of rotatable bonds is 11. The monoisotopic (exact) mass is 298 g/mol. The van der Waals surface area contributed by atoms with Crippen molar-refractivity contribution in [2.75, 3.05) is 0 Å². The van der Waals surface area contributed by atoms with E-state index in [1.807, 2.05) is 0 Å². The van der Waals surface area contributed by atoms with Gasteiger partial charge in [0.2, 0.25) is 0 Å². The van der Waals surface area contributed by atoms with Gasteiger partial charge in [-0.05, 0) is 43.4 Å². The van der Waals surface area contributed by atoms with Crippen molar-refractivity contribution in [1.82, 2.24) is 0 Å². The summed E-state index contributed by atoms with van der Waals surface area (Å²) in [7, 11) is 0. The van der Waals surface area contributed by atoms with Gasteiger partial charge in [0.05, 0.1) is 0 Å². The van der Waals surface area contributed by atoms with Crippen molar-refractivity contribution in [3.05, 3.63) is 0 Å². The first-order chi connectivity index (χ1) is 10.2. The van der Waals surface area contributed by atoms with Gasteiger partial charge in [0.1, 0.15) is 6.17 Å². The van der Waals surface area contributed by atoms with Gasteiger partial charge in [-0.3, -0.25) is 0 Å². The molecule has 1 saturated carbocycles. The van der Waals surface area contributed by atoms with Gasteiger partial charge in [-0.15, -0.1) is 0 Å². The molecule has 1 rings (SSSR count). The highest BCUT2D eigenvalue weighted by Gasteiger charge is 2.26. The maximum absolute atomic E-state index is 14.0. The Bertz CT molecular complexity index is 230. The topological polar surface area (TPSA) is 0 Å². The van der Waals surface area contributed by atoms with E-state index in [1.54, 1.807) is 0 Å². The molecule has 0 bridgehead atoms. The van der Waals surface area contributed by atoms with E-state index in [4.69, 9.17) is 0 Å². The van der Waals surface area contributed by atoms with Gasteiger partial charge in [-0.25, -0.2) is 4.39 Å². The Morgan fingerprint density at radius 1 is 0.905 bits per heavy atom. The van der Waals surface area contributed by atoms with Gasteiger partial charge in [-0.2, -0.15) is 0 Å². The maximum Gasteiger partial charge on any atom is 0.100 e. The molecule has 0 nitrogen and oxygen atoms in total. The van der Waals surface area contributed by atoms with Crippen LogP contribution in [0.3, 0.4) is 0 Å². The first-order valence-corrected chi connectivity index (χ1v) is 9.81. The maximum atomic E-state index is 14.0. The van der Waals surface area contributed by atoms with Crippen molar-refractivity contribution in [2.45, 2.75) is 110 Å². The molecule has 0 aliphatic heterocycles. The Kier molecular flexibility index (Phi) is 10.4. The fourth-order valence-electron chi connectivity index (χ4n) is 4.06. The van der Waals surface area contributed by atoms with E-state index >= 15 is 0 Å². The predicted octanol–water partition coefficient (Wildman–Crippen LogP) is 7.32. The minimum atomic E-state index is -0.547. The third-order valence-corrected chi connectivity index (χ3v) is 5.66. The standard InChI is InChI=1S/C20H39F/c1-4-6-8-10-18-12-14-19(15-13-18)17(3)16-20(21)11-9-7-5-2/h17-20H,4-16H2,1-3H3. The van der Waals surface area contributed by atoms with Crippen LogP contribution in [0.15, 0.2) is 0 Å². The molecule has 0 radical (unpaired) electrons. The van der Waals surface area contributed by atoms with Crippen LogP contribution in [-0.2, 0) is 0 Å². The second-order valence-corrected chi connectivity index (χ2v) is 7.58. The molecule has 2 atom stereocenters. The Balaban J connectivity index is 2.14. The van der Waals surface area contributed by atoms with Crippen LogP contribution in [0, 0.1) is 17.8 Å². The van der Waals surface area contributed by atoms with Gasteiger partial charge >= 0.3 is 0 Å². The van der Waals surface area contributed by atoms with E-state index in [1.165, 1.54) is 64.2 Å². The molecule has 0 N–H and O–H groups in total. The molecule has 126 valence electrons. The lowest BCUT2D eigenvalue weighted by atomic mass is 9.73. The molecular weight excluding hydrogens is 259 g/mol. The van der Waals surface area contributed by atoms with Crippen molar-refractivity contribution >= 4 is 0 Å². The summed E-state index contributed by atoms with van der Waals surface area (Å²) < 4.78 is 14.0. The van der Waals surface area contributed by atoms with Crippen molar-refractivity contribution in [2.24, 2.45) is 17.8 Å². The van der Waals surface area contributed by atoms with Crippen LogP contribution >= 0.6 is 0 Å². The second-order valence-electron chi connectivity index (χ2n) is 7.58. The van der Waals surface area contributed by atoms with Gasteiger partial charge in [0, 0.05) is 0 Å². The van der Waals surface area contributed by atoms with Crippen molar-refractivity contribution in [3.63, 3.8) is 0 Å². The molecule has 1 aliphatic carbocycles. The molecule has 1 heteroatoms. The fraction of sp³-hybridized carbons (Fsp3) is 1.00. The molecule has 0 aromatic rings. The lowest BCUT2D eigenvalue weighted by Gasteiger charge is -2.33. The van der Waals surface area contributed by atoms with Crippen molar-refractivity contribution in [3.8, 4) is 0 Å². The number of alkyl halides is 1. The Morgan fingerprint density at radius 3 is 2.14 bits per heavy atom. The minimum Gasteiger partial charge on any atom is -0.247 e. The third kappa shape index (κ3) is 8.21. The summed E-state index contributed by atoms with van der Waals surface area (Å²) >= 11 is 0. The lowest BCUT2D eigenvalue weighted by Crippen LogP contribution is -2.22. The van der Waals surface area contributed by atoms with E-state index in [2.05, 4.69) is 20.8 Å². The van der Waals surface area contributed by atoms with E-state index in [9.17, 15) is 4.39 Å². The first kappa shape index (κ1) is 19.0. The van der Waals surface area contributed by atoms with E-state index < -0.39 is 6.17 Å². The van der Waals surface area contributed by atoms with Crippen molar-refractivity contribution < 1.29 is 4.39 Å². The van der Waals surface area contributed by atoms with Gasteiger partial charge in [0.25, 0.3) is 0 Å². The Hall–Kier alpha value is -0.0700. The van der Waals surface area contributed by atoms with Crippen LogP contribution < -0.4 is 0 Å². The van der Waals surface area contributed by atoms with Crippen LogP contribution in [0.2, 0.25) is 0 Å². The molecule has 0 aromatic heterocycles. The molecule has 1 aliphatic rings. The quantitative estimate of drug-likeness (QED) is 0.350. The molecule has 0 aromatic carbocycles. The number of unbranched alkanes of at least 4 members (excludes halogenated alkanes) is 4. The summed E-state index contributed by atoms with van der Waals surface area (Å²) in [5.41, 5.74) is 0. The fourth-order valence-corrected chi connectivity index (χ4v) is 4.06. The SMILES string of the molecule is CCCCCC(F)CC(C)C1CCC(CCCCC)CC1. The van der Waals surface area contributed by atoms with Gasteiger partial charge in [-0.1, -0.05) is 78.6 Å². The molecule has 1 fully saturated rings. The second kappa shape index (κ2) is 11.5. The van der Waals surface area contributed by atoms with E-state index in [-0.39, 0.29) is 0 Å². The van der Waals surface area contributed by atoms with Crippen LogP contribution in [-0.4, -0.2) is 6.17 Å². The highest BCUT2D eigenvalue weighted by molar-refractivity contribution is 4.77. The normalized spacial score (nSPS) is 25.7. The molecule has 21 heavy (non-hydrogen) atoms. The van der Waals surface area contributed by atoms with Crippen LogP contribution in [0.4, 0.5) is 4.39 Å². The first-order valence-electron chi connectivity index (χ1n) is 9.81. The Labute approximate surface area is 133 Å². The molecule has 2 unspecified atom stereocenters. The predicted molar refractivity (Wildman–Crippen MR) is 92.4 cm³/mol. The molecule has 0 amide bonds. The van der Waals surface area contributed by atoms with Crippen LogP contribution in [0.5, 0.6) is 0 Å². The van der Waals surface area contributed by atoms with E-state index in [0.717, 1.165) is 31.1 Å². The zero-order valence-corrected chi connectivity index (χ0v) is 14.9. The zero-order valence-electron chi connectivity index (χ0n) is 14.9. The largest absolute Gasteiger partial charge is 0.247 e. The smallest absolute Gasteiger partial charge is 0.100 e. The minimum absolute atomic E-state index is 0.547. The zero-order chi connectivity index (χ0) is 15.5. The summed E-state index contributed by atoms with van der Waals surface area (Å²) in [5, 5.41) is 0. The molecule has 0 spiro atoms. The summed E-state index contributed by atoms with van der Waals surface area (Å²) in [6.45, 7) is 6.77.